The molecule has 0 unspecified atom stereocenters. The maximum absolute atomic E-state index is 11.0. The molecule has 7 nitrogen and oxygen atoms in total. The summed E-state index contributed by atoms with van der Waals surface area (Å²) >= 11 is 0. The van der Waals surface area contributed by atoms with Crippen molar-refractivity contribution in [1.29, 1.82) is 0 Å². The quantitative estimate of drug-likeness (QED) is 0.274. The Labute approximate surface area is 112 Å². The third-order valence-electron chi connectivity index (χ3n) is 2.50. The van der Waals surface area contributed by atoms with Crippen LogP contribution in [-0.4, -0.2) is 24.7 Å². The van der Waals surface area contributed by atoms with Gasteiger partial charge in [-0.05, 0) is 25.0 Å². The van der Waals surface area contributed by atoms with Gasteiger partial charge in [0, 0.05) is 19.8 Å². The molecule has 19 heavy (non-hydrogen) atoms. The summed E-state index contributed by atoms with van der Waals surface area (Å²) in [6, 6.07) is 4.93. The number of ether oxygens (including phenoxy) is 1. The van der Waals surface area contributed by atoms with E-state index in [1.54, 1.807) is 18.2 Å². The summed E-state index contributed by atoms with van der Waals surface area (Å²) in [7, 11) is 0. The molecule has 0 heterocycles. The standard InChI is InChI=1S/C12H20N4O3/c1-2-8-19-9-4-7-14-10-5-3-6-11(15-13)12(10)16(17)18/h3,5-6,14-15H,2,4,7-9,13H2,1H3. The zero-order valence-corrected chi connectivity index (χ0v) is 11.0. The molecule has 0 saturated heterocycles. The summed E-state index contributed by atoms with van der Waals surface area (Å²) in [4.78, 5) is 10.6. The summed E-state index contributed by atoms with van der Waals surface area (Å²) in [5, 5.41) is 14.0. The van der Waals surface area contributed by atoms with Crippen LogP contribution in [0.4, 0.5) is 17.1 Å². The first-order valence-corrected chi connectivity index (χ1v) is 6.26. The zero-order valence-electron chi connectivity index (χ0n) is 11.0. The molecule has 0 aromatic heterocycles. The molecular weight excluding hydrogens is 248 g/mol. The Kier molecular flexibility index (Phi) is 6.62. The summed E-state index contributed by atoms with van der Waals surface area (Å²) in [5.74, 6) is 5.26. The van der Waals surface area contributed by atoms with Gasteiger partial charge in [0.05, 0.1) is 4.92 Å². The number of nitrogen functional groups attached to an aromatic ring is 1. The van der Waals surface area contributed by atoms with Crippen molar-refractivity contribution in [3.05, 3.63) is 28.3 Å². The van der Waals surface area contributed by atoms with E-state index in [-0.39, 0.29) is 11.4 Å². The third kappa shape index (κ3) is 4.72. The second-order valence-electron chi connectivity index (χ2n) is 4.00. The lowest BCUT2D eigenvalue weighted by Gasteiger charge is -2.09. The second-order valence-corrected chi connectivity index (χ2v) is 4.00. The number of nitrogens with zero attached hydrogens (tertiary/aromatic N) is 1. The molecule has 0 aliphatic heterocycles. The van der Waals surface area contributed by atoms with Gasteiger partial charge in [-0.3, -0.25) is 16.0 Å². The number of hydrazine groups is 1. The van der Waals surface area contributed by atoms with Crippen LogP contribution in [-0.2, 0) is 4.74 Å². The highest BCUT2D eigenvalue weighted by molar-refractivity contribution is 5.75. The van der Waals surface area contributed by atoms with Gasteiger partial charge in [0.2, 0.25) is 0 Å². The van der Waals surface area contributed by atoms with Crippen molar-refractivity contribution < 1.29 is 9.66 Å². The van der Waals surface area contributed by atoms with Crippen LogP contribution in [0, 0.1) is 10.1 Å². The molecule has 4 N–H and O–H groups in total. The van der Waals surface area contributed by atoms with Gasteiger partial charge in [-0.25, -0.2) is 0 Å². The molecule has 1 aromatic carbocycles. The van der Waals surface area contributed by atoms with Crippen LogP contribution in [0.5, 0.6) is 0 Å². The molecule has 0 amide bonds. The van der Waals surface area contributed by atoms with Gasteiger partial charge in [-0.2, -0.15) is 0 Å². The molecular formula is C12H20N4O3. The molecule has 0 fully saturated rings. The highest BCUT2D eigenvalue weighted by Gasteiger charge is 2.18. The minimum absolute atomic E-state index is 0.0422. The van der Waals surface area contributed by atoms with E-state index in [4.69, 9.17) is 10.6 Å². The van der Waals surface area contributed by atoms with E-state index in [0.717, 1.165) is 19.4 Å². The van der Waals surface area contributed by atoms with Crippen molar-refractivity contribution in [3.8, 4) is 0 Å². The molecule has 0 aliphatic carbocycles. The minimum Gasteiger partial charge on any atom is -0.381 e. The average molecular weight is 268 g/mol. The fraction of sp³-hybridized carbons (Fsp3) is 0.500. The molecule has 0 atom stereocenters. The Morgan fingerprint density at radius 3 is 2.74 bits per heavy atom. The highest BCUT2D eigenvalue weighted by atomic mass is 16.6. The van der Waals surface area contributed by atoms with Crippen LogP contribution in [0.2, 0.25) is 0 Å². The fourth-order valence-electron chi connectivity index (χ4n) is 1.64. The van der Waals surface area contributed by atoms with Crippen LogP contribution in [0.25, 0.3) is 0 Å². The lowest BCUT2D eigenvalue weighted by molar-refractivity contribution is -0.383. The Balaban J connectivity index is 2.55. The molecule has 0 saturated carbocycles. The molecule has 0 aliphatic rings. The largest absolute Gasteiger partial charge is 0.381 e. The van der Waals surface area contributed by atoms with Crippen molar-refractivity contribution in [2.24, 2.45) is 5.84 Å². The number of rotatable bonds is 9. The Morgan fingerprint density at radius 2 is 2.11 bits per heavy atom. The SMILES string of the molecule is CCCOCCCNc1cccc(NN)c1[N+](=O)[O-]. The third-order valence-corrected chi connectivity index (χ3v) is 2.50. The van der Waals surface area contributed by atoms with Gasteiger partial charge in [0.25, 0.3) is 0 Å². The van der Waals surface area contributed by atoms with Crippen LogP contribution in [0.1, 0.15) is 19.8 Å². The Hall–Kier alpha value is -1.86. The lowest BCUT2D eigenvalue weighted by Crippen LogP contribution is -2.12. The number of nitrogens with two attached hydrogens (primary N) is 1. The van der Waals surface area contributed by atoms with E-state index >= 15 is 0 Å². The molecule has 0 bridgehead atoms. The van der Waals surface area contributed by atoms with E-state index in [2.05, 4.69) is 10.7 Å². The van der Waals surface area contributed by atoms with Crippen LogP contribution < -0.4 is 16.6 Å². The van der Waals surface area contributed by atoms with Gasteiger partial charge < -0.3 is 15.5 Å². The predicted molar refractivity (Wildman–Crippen MR) is 75.1 cm³/mol. The van der Waals surface area contributed by atoms with E-state index in [0.29, 0.717) is 18.8 Å². The van der Waals surface area contributed by atoms with Crippen LogP contribution >= 0.6 is 0 Å². The van der Waals surface area contributed by atoms with Crippen molar-refractivity contribution in [2.45, 2.75) is 19.8 Å². The zero-order chi connectivity index (χ0) is 14.1. The number of nitro groups is 1. The highest BCUT2D eigenvalue weighted by Crippen LogP contribution is 2.31. The van der Waals surface area contributed by atoms with Crippen molar-refractivity contribution >= 4 is 17.1 Å². The molecule has 1 rings (SSSR count). The average Bonchev–Trinajstić information content (AvgIpc) is 2.42. The number of para-hydroxylation sites is 1. The minimum atomic E-state index is -0.453. The van der Waals surface area contributed by atoms with E-state index in [1.807, 2.05) is 6.92 Å². The smallest absolute Gasteiger partial charge is 0.316 e. The van der Waals surface area contributed by atoms with Crippen LogP contribution in [0.3, 0.4) is 0 Å². The number of hydrogen-bond acceptors (Lipinski definition) is 6. The lowest BCUT2D eigenvalue weighted by atomic mass is 10.2. The van der Waals surface area contributed by atoms with Crippen molar-refractivity contribution in [3.63, 3.8) is 0 Å². The van der Waals surface area contributed by atoms with Crippen molar-refractivity contribution in [1.82, 2.24) is 0 Å². The number of nitro benzene ring substituents is 1. The molecule has 7 heteroatoms. The number of hydrogen-bond donors (Lipinski definition) is 3. The second kappa shape index (κ2) is 8.28. The first kappa shape index (κ1) is 15.2. The van der Waals surface area contributed by atoms with E-state index in [1.165, 1.54) is 0 Å². The molecule has 0 spiro atoms. The summed E-state index contributed by atoms with van der Waals surface area (Å²) < 4.78 is 5.34. The normalized spacial score (nSPS) is 10.2. The fourth-order valence-corrected chi connectivity index (χ4v) is 1.64. The molecule has 0 radical (unpaired) electrons. The summed E-state index contributed by atoms with van der Waals surface area (Å²) in [6.07, 6.45) is 1.78. The van der Waals surface area contributed by atoms with Gasteiger partial charge in [-0.15, -0.1) is 0 Å². The molecule has 106 valence electrons. The topological polar surface area (TPSA) is 102 Å². The first-order valence-electron chi connectivity index (χ1n) is 6.26. The van der Waals surface area contributed by atoms with Gasteiger partial charge in [0.15, 0.2) is 0 Å². The monoisotopic (exact) mass is 268 g/mol. The van der Waals surface area contributed by atoms with Crippen LogP contribution in [0.15, 0.2) is 18.2 Å². The number of benzene rings is 1. The van der Waals surface area contributed by atoms with Crippen molar-refractivity contribution in [2.75, 3.05) is 30.5 Å². The van der Waals surface area contributed by atoms with Gasteiger partial charge >= 0.3 is 5.69 Å². The van der Waals surface area contributed by atoms with Gasteiger partial charge in [-0.1, -0.05) is 13.0 Å². The predicted octanol–water partition coefficient (Wildman–Crippen LogP) is 2.11. The maximum Gasteiger partial charge on any atom is 0.316 e. The maximum atomic E-state index is 11.0. The Bertz CT molecular complexity index is 412. The first-order chi connectivity index (χ1) is 9.20. The molecule has 1 aromatic rings. The van der Waals surface area contributed by atoms with E-state index in [9.17, 15) is 10.1 Å². The number of nitrogens with one attached hydrogen (secondary N) is 2. The summed E-state index contributed by atoms with van der Waals surface area (Å²) in [5.41, 5.74) is 3.03. The summed E-state index contributed by atoms with van der Waals surface area (Å²) in [6.45, 7) is 4.04. The Morgan fingerprint density at radius 1 is 1.37 bits per heavy atom. The number of anilines is 2. The van der Waals surface area contributed by atoms with E-state index < -0.39 is 4.92 Å². The van der Waals surface area contributed by atoms with Gasteiger partial charge in [0.1, 0.15) is 11.4 Å².